The lowest BCUT2D eigenvalue weighted by Gasteiger charge is -2.11. The third-order valence-electron chi connectivity index (χ3n) is 4.22. The Bertz CT molecular complexity index is 1020. The summed E-state index contributed by atoms with van der Waals surface area (Å²) in [6.45, 7) is 5.51. The van der Waals surface area contributed by atoms with Gasteiger partial charge in [0.15, 0.2) is 6.61 Å². The van der Waals surface area contributed by atoms with Crippen LogP contribution in [0.15, 0.2) is 47.4 Å². The van der Waals surface area contributed by atoms with Crippen molar-refractivity contribution in [2.75, 3.05) is 6.61 Å². The number of benzene rings is 1. The molecule has 0 aliphatic carbocycles. The van der Waals surface area contributed by atoms with Gasteiger partial charge in [-0.1, -0.05) is 18.2 Å². The van der Waals surface area contributed by atoms with Crippen molar-refractivity contribution in [3.8, 4) is 5.75 Å². The molecule has 0 aliphatic rings. The summed E-state index contributed by atoms with van der Waals surface area (Å²) >= 11 is 0. The van der Waals surface area contributed by atoms with Crippen molar-refractivity contribution in [2.24, 2.45) is 0 Å². The Morgan fingerprint density at radius 1 is 1.12 bits per heavy atom. The minimum atomic E-state index is -0.516. The van der Waals surface area contributed by atoms with Crippen LogP contribution in [0.3, 0.4) is 0 Å². The normalized spacial score (nSPS) is 10.7. The van der Waals surface area contributed by atoms with Gasteiger partial charge in [-0.25, -0.2) is 9.78 Å². The highest BCUT2D eigenvalue weighted by Gasteiger charge is 2.10. The standard InChI is InChI=1S/C20H20N2O4/c1-13-6-4-8-17(15(13)3)25-12-19(24)26-11-16-10-18(23)22-9-5-7-14(2)20(22)21-16/h4-10H,11-12H2,1-3H3. The molecule has 6 heteroatoms. The number of aromatic nitrogens is 2. The van der Waals surface area contributed by atoms with E-state index in [-0.39, 0.29) is 18.8 Å². The van der Waals surface area contributed by atoms with Crippen LogP contribution < -0.4 is 10.3 Å². The second-order valence-corrected chi connectivity index (χ2v) is 6.12. The topological polar surface area (TPSA) is 69.9 Å². The smallest absolute Gasteiger partial charge is 0.344 e. The number of carbonyl (C=O) groups is 1. The van der Waals surface area contributed by atoms with Gasteiger partial charge in [0, 0.05) is 12.3 Å². The molecule has 3 rings (SSSR count). The molecule has 0 saturated heterocycles. The Morgan fingerprint density at radius 3 is 2.69 bits per heavy atom. The van der Waals surface area contributed by atoms with E-state index in [9.17, 15) is 9.59 Å². The molecule has 0 amide bonds. The first kappa shape index (κ1) is 17.7. The summed E-state index contributed by atoms with van der Waals surface area (Å²) in [5.74, 6) is 0.136. The van der Waals surface area contributed by atoms with E-state index in [2.05, 4.69) is 4.98 Å². The molecule has 3 aromatic rings. The Balaban J connectivity index is 1.64. The quantitative estimate of drug-likeness (QED) is 0.661. The number of hydrogen-bond donors (Lipinski definition) is 0. The van der Waals surface area contributed by atoms with Crippen LogP contribution in [-0.2, 0) is 16.1 Å². The summed E-state index contributed by atoms with van der Waals surface area (Å²) in [5.41, 5.74) is 3.70. The fraction of sp³-hybridized carbons (Fsp3) is 0.250. The molecule has 2 heterocycles. The predicted molar refractivity (Wildman–Crippen MR) is 97.4 cm³/mol. The first-order chi connectivity index (χ1) is 12.5. The molecule has 0 N–H and O–H groups in total. The maximum atomic E-state index is 12.1. The molecule has 6 nitrogen and oxygen atoms in total. The summed E-state index contributed by atoms with van der Waals surface area (Å²) in [4.78, 5) is 28.5. The lowest BCUT2D eigenvalue weighted by atomic mass is 10.1. The fourth-order valence-electron chi connectivity index (χ4n) is 2.60. The number of rotatable bonds is 5. The number of esters is 1. The lowest BCUT2D eigenvalue weighted by molar-refractivity contribution is -0.147. The van der Waals surface area contributed by atoms with Gasteiger partial charge in [-0.05, 0) is 49.6 Å². The van der Waals surface area contributed by atoms with E-state index in [1.807, 2.05) is 45.0 Å². The number of pyridine rings is 1. The van der Waals surface area contributed by atoms with Gasteiger partial charge in [-0.2, -0.15) is 0 Å². The van der Waals surface area contributed by atoms with E-state index in [0.717, 1.165) is 16.7 Å². The van der Waals surface area contributed by atoms with Crippen LogP contribution >= 0.6 is 0 Å². The van der Waals surface area contributed by atoms with E-state index < -0.39 is 5.97 Å². The third kappa shape index (κ3) is 3.74. The number of fused-ring (bicyclic) bond motifs is 1. The minimum Gasteiger partial charge on any atom is -0.482 e. The molecule has 134 valence electrons. The van der Waals surface area contributed by atoms with Crippen molar-refractivity contribution >= 4 is 11.6 Å². The third-order valence-corrected chi connectivity index (χ3v) is 4.22. The molecule has 0 fully saturated rings. The Morgan fingerprint density at radius 2 is 1.88 bits per heavy atom. The van der Waals surface area contributed by atoms with Crippen LogP contribution in [0.1, 0.15) is 22.4 Å². The van der Waals surface area contributed by atoms with Crippen molar-refractivity contribution in [2.45, 2.75) is 27.4 Å². The largest absolute Gasteiger partial charge is 0.482 e. The number of aryl methyl sites for hydroxylation is 2. The highest BCUT2D eigenvalue weighted by Crippen LogP contribution is 2.20. The number of nitrogens with zero attached hydrogens (tertiary/aromatic N) is 2. The van der Waals surface area contributed by atoms with Crippen LogP contribution in [0, 0.1) is 20.8 Å². The average molecular weight is 352 g/mol. The van der Waals surface area contributed by atoms with Gasteiger partial charge in [0.25, 0.3) is 5.56 Å². The molecule has 2 aromatic heterocycles. The average Bonchev–Trinajstić information content (AvgIpc) is 2.62. The van der Waals surface area contributed by atoms with Crippen LogP contribution in [0.4, 0.5) is 0 Å². The van der Waals surface area contributed by atoms with E-state index >= 15 is 0 Å². The van der Waals surface area contributed by atoms with Gasteiger partial charge >= 0.3 is 5.97 Å². The molecular formula is C20H20N2O4. The molecule has 0 bridgehead atoms. The van der Waals surface area contributed by atoms with Crippen molar-refractivity contribution in [1.82, 2.24) is 9.38 Å². The highest BCUT2D eigenvalue weighted by molar-refractivity contribution is 5.71. The van der Waals surface area contributed by atoms with Crippen molar-refractivity contribution in [3.05, 3.63) is 75.3 Å². The van der Waals surface area contributed by atoms with E-state index in [4.69, 9.17) is 9.47 Å². The molecule has 0 aliphatic heterocycles. The second-order valence-electron chi connectivity index (χ2n) is 6.12. The van der Waals surface area contributed by atoms with Crippen LogP contribution in [0.25, 0.3) is 5.65 Å². The van der Waals surface area contributed by atoms with Crippen LogP contribution in [0.5, 0.6) is 5.75 Å². The van der Waals surface area contributed by atoms with Gasteiger partial charge < -0.3 is 9.47 Å². The van der Waals surface area contributed by atoms with Gasteiger partial charge in [-0.15, -0.1) is 0 Å². The number of ether oxygens (including phenoxy) is 2. The molecule has 0 atom stereocenters. The van der Waals surface area contributed by atoms with Crippen LogP contribution in [-0.4, -0.2) is 22.0 Å². The summed E-state index contributed by atoms with van der Waals surface area (Å²) in [5, 5.41) is 0. The van der Waals surface area contributed by atoms with Gasteiger partial charge in [0.05, 0.1) is 5.69 Å². The molecule has 0 radical (unpaired) electrons. The fourth-order valence-corrected chi connectivity index (χ4v) is 2.60. The molecule has 1 aromatic carbocycles. The molecular weight excluding hydrogens is 332 g/mol. The summed E-state index contributed by atoms with van der Waals surface area (Å²) in [7, 11) is 0. The number of carbonyl (C=O) groups excluding carboxylic acids is 1. The zero-order chi connectivity index (χ0) is 18.7. The second kappa shape index (κ2) is 7.39. The monoisotopic (exact) mass is 352 g/mol. The maximum Gasteiger partial charge on any atom is 0.344 e. The molecule has 0 saturated carbocycles. The van der Waals surface area contributed by atoms with Crippen LogP contribution in [0.2, 0.25) is 0 Å². The summed E-state index contributed by atoms with van der Waals surface area (Å²) < 4.78 is 12.2. The van der Waals surface area contributed by atoms with E-state index in [0.29, 0.717) is 17.1 Å². The van der Waals surface area contributed by atoms with E-state index in [1.165, 1.54) is 10.5 Å². The zero-order valence-corrected chi connectivity index (χ0v) is 15.0. The maximum absolute atomic E-state index is 12.1. The molecule has 0 unspecified atom stereocenters. The SMILES string of the molecule is Cc1cccc(OCC(=O)OCc2cc(=O)n3cccc(C)c3n2)c1C. The highest BCUT2D eigenvalue weighted by atomic mass is 16.6. The number of hydrogen-bond acceptors (Lipinski definition) is 5. The van der Waals surface area contributed by atoms with Gasteiger partial charge in [-0.3, -0.25) is 9.20 Å². The van der Waals surface area contributed by atoms with Crippen molar-refractivity contribution < 1.29 is 14.3 Å². The molecule has 0 spiro atoms. The zero-order valence-electron chi connectivity index (χ0n) is 15.0. The Kier molecular flexibility index (Phi) is 5.02. The Hall–Kier alpha value is -3.15. The first-order valence-corrected chi connectivity index (χ1v) is 8.28. The Labute approximate surface area is 151 Å². The first-order valence-electron chi connectivity index (χ1n) is 8.28. The van der Waals surface area contributed by atoms with E-state index in [1.54, 1.807) is 12.3 Å². The predicted octanol–water partition coefficient (Wildman–Crippen LogP) is 2.74. The van der Waals surface area contributed by atoms with Gasteiger partial charge in [0.1, 0.15) is 18.0 Å². The van der Waals surface area contributed by atoms with Crippen molar-refractivity contribution in [1.29, 1.82) is 0 Å². The van der Waals surface area contributed by atoms with Gasteiger partial charge in [0.2, 0.25) is 0 Å². The summed E-state index contributed by atoms with van der Waals surface area (Å²) in [6.07, 6.45) is 1.66. The van der Waals surface area contributed by atoms with Crippen molar-refractivity contribution in [3.63, 3.8) is 0 Å². The minimum absolute atomic E-state index is 0.0743. The lowest BCUT2D eigenvalue weighted by Crippen LogP contribution is -2.19. The molecule has 26 heavy (non-hydrogen) atoms. The summed E-state index contributed by atoms with van der Waals surface area (Å²) in [6, 6.07) is 10.7.